The molecule has 2 aliphatic rings. The Bertz CT molecular complexity index is 913. The van der Waals surface area contributed by atoms with Crippen LogP contribution >= 0.6 is 11.3 Å². The molecule has 2 aromatic rings. The van der Waals surface area contributed by atoms with Gasteiger partial charge in [-0.2, -0.15) is 0 Å². The molecule has 1 aliphatic heterocycles. The molecule has 1 fully saturated rings. The second-order valence-electron chi connectivity index (χ2n) is 9.74. The summed E-state index contributed by atoms with van der Waals surface area (Å²) < 4.78 is 0. The van der Waals surface area contributed by atoms with Crippen LogP contribution in [-0.2, 0) is 10.8 Å². The van der Waals surface area contributed by atoms with E-state index in [4.69, 9.17) is 10.1 Å². The quantitative estimate of drug-likeness (QED) is 0.689. The van der Waals surface area contributed by atoms with Crippen molar-refractivity contribution in [2.24, 2.45) is 4.99 Å². The van der Waals surface area contributed by atoms with Gasteiger partial charge in [-0.3, -0.25) is 4.99 Å². The van der Waals surface area contributed by atoms with Crippen molar-refractivity contribution in [1.82, 2.24) is 4.98 Å². The molecule has 0 saturated carbocycles. The van der Waals surface area contributed by atoms with Crippen LogP contribution in [0.3, 0.4) is 0 Å². The molecule has 0 unspecified atom stereocenters. The normalized spacial score (nSPS) is 21.6. The molecular weight excluding hydrogens is 378 g/mol. The molecule has 1 aliphatic carbocycles. The standard InChI is InChI=1S/C24H33N3OS/c1-23(2)9-10-24(3,4)20-14-17(6-7-19(20)23)21-16-29-22(26-21)27-12-8-18(15-27)25-11-5-13-28/h6-7,14,16,28H,5,8-13,15H2,1-4H3. The van der Waals surface area contributed by atoms with Gasteiger partial charge in [0.2, 0.25) is 0 Å². The molecule has 1 saturated heterocycles. The average molecular weight is 412 g/mol. The van der Waals surface area contributed by atoms with Gasteiger partial charge in [0.1, 0.15) is 0 Å². The summed E-state index contributed by atoms with van der Waals surface area (Å²) in [5.41, 5.74) is 6.99. The minimum atomic E-state index is 0.213. The summed E-state index contributed by atoms with van der Waals surface area (Å²) in [6, 6.07) is 6.99. The number of aliphatic hydroxyl groups is 1. The average Bonchev–Trinajstić information content (AvgIpc) is 3.35. The Balaban J connectivity index is 1.56. The predicted molar refractivity (Wildman–Crippen MR) is 124 cm³/mol. The Hall–Kier alpha value is -1.72. The molecule has 1 aromatic heterocycles. The summed E-state index contributed by atoms with van der Waals surface area (Å²) in [6.45, 7) is 12.3. The lowest BCUT2D eigenvalue weighted by Gasteiger charge is -2.42. The van der Waals surface area contributed by atoms with Crippen molar-refractivity contribution >= 4 is 22.2 Å². The summed E-state index contributed by atoms with van der Waals surface area (Å²) in [5, 5.41) is 12.2. The lowest BCUT2D eigenvalue weighted by Crippen LogP contribution is -2.33. The lowest BCUT2D eigenvalue weighted by molar-refractivity contribution is 0.291. The summed E-state index contributed by atoms with van der Waals surface area (Å²) in [4.78, 5) is 11.9. The van der Waals surface area contributed by atoms with E-state index in [9.17, 15) is 0 Å². The molecule has 1 N–H and O–H groups in total. The Labute approximate surface area is 178 Å². The molecule has 0 amide bonds. The molecule has 0 bridgehead atoms. The maximum atomic E-state index is 8.93. The van der Waals surface area contributed by atoms with Crippen LogP contribution in [0.5, 0.6) is 0 Å². The monoisotopic (exact) mass is 411 g/mol. The third-order valence-electron chi connectivity index (χ3n) is 6.61. The first-order chi connectivity index (χ1) is 13.8. The Morgan fingerprint density at radius 2 is 1.90 bits per heavy atom. The number of hydrogen-bond acceptors (Lipinski definition) is 5. The van der Waals surface area contributed by atoms with E-state index in [0.29, 0.717) is 0 Å². The van der Waals surface area contributed by atoms with Gasteiger partial charge in [0.25, 0.3) is 0 Å². The second-order valence-corrected chi connectivity index (χ2v) is 10.6. The summed E-state index contributed by atoms with van der Waals surface area (Å²) in [5.74, 6) is 0. The van der Waals surface area contributed by atoms with E-state index in [1.54, 1.807) is 11.3 Å². The molecule has 156 valence electrons. The Morgan fingerprint density at radius 3 is 2.66 bits per heavy atom. The second kappa shape index (κ2) is 7.84. The number of hydrogen-bond donors (Lipinski definition) is 1. The predicted octanol–water partition coefficient (Wildman–Crippen LogP) is 5.19. The largest absolute Gasteiger partial charge is 0.396 e. The van der Waals surface area contributed by atoms with Crippen LogP contribution in [0.1, 0.15) is 64.5 Å². The highest BCUT2D eigenvalue weighted by molar-refractivity contribution is 7.14. The zero-order valence-corrected chi connectivity index (χ0v) is 19.0. The van der Waals surface area contributed by atoms with Crippen molar-refractivity contribution in [3.05, 3.63) is 34.7 Å². The number of fused-ring (bicyclic) bond motifs is 1. The van der Waals surface area contributed by atoms with Gasteiger partial charge in [0.05, 0.1) is 12.2 Å². The van der Waals surface area contributed by atoms with Gasteiger partial charge in [-0.1, -0.05) is 39.8 Å². The SMILES string of the molecule is CC1(C)CCC(C)(C)c2cc(-c3csc(N4CCC(=NCCCO)C4)n3)ccc21. The molecular formula is C24H33N3OS. The van der Waals surface area contributed by atoms with Crippen LogP contribution < -0.4 is 4.90 Å². The van der Waals surface area contributed by atoms with Crippen molar-refractivity contribution in [2.45, 2.75) is 64.2 Å². The van der Waals surface area contributed by atoms with Gasteiger partial charge >= 0.3 is 0 Å². The minimum absolute atomic E-state index is 0.213. The van der Waals surface area contributed by atoms with E-state index < -0.39 is 0 Å². The fourth-order valence-corrected chi connectivity index (χ4v) is 5.39. The van der Waals surface area contributed by atoms with E-state index in [2.05, 4.69) is 61.2 Å². The molecule has 4 nitrogen and oxygen atoms in total. The topological polar surface area (TPSA) is 48.7 Å². The number of benzene rings is 1. The lowest BCUT2D eigenvalue weighted by atomic mass is 9.63. The highest BCUT2D eigenvalue weighted by Gasteiger charge is 2.37. The number of nitrogens with zero attached hydrogens (tertiary/aromatic N) is 3. The molecule has 4 rings (SSSR count). The number of aromatic nitrogens is 1. The van der Waals surface area contributed by atoms with Crippen LogP contribution in [0.15, 0.2) is 28.6 Å². The molecule has 0 radical (unpaired) electrons. The van der Waals surface area contributed by atoms with Gasteiger partial charge in [-0.15, -0.1) is 11.3 Å². The van der Waals surface area contributed by atoms with Gasteiger partial charge in [-0.25, -0.2) is 4.98 Å². The van der Waals surface area contributed by atoms with E-state index in [1.165, 1.54) is 35.2 Å². The maximum Gasteiger partial charge on any atom is 0.186 e. The molecule has 5 heteroatoms. The fourth-order valence-electron chi connectivity index (χ4n) is 4.53. The number of rotatable bonds is 5. The zero-order chi connectivity index (χ0) is 20.6. The minimum Gasteiger partial charge on any atom is -0.396 e. The van der Waals surface area contributed by atoms with Gasteiger partial charge in [0.15, 0.2) is 5.13 Å². The first kappa shape index (κ1) is 20.5. The van der Waals surface area contributed by atoms with E-state index in [-0.39, 0.29) is 17.4 Å². The van der Waals surface area contributed by atoms with Gasteiger partial charge in [-0.05, 0) is 47.3 Å². The molecule has 1 aromatic carbocycles. The first-order valence-electron chi connectivity index (χ1n) is 10.8. The number of aliphatic imine (C=N–C) groups is 1. The smallest absolute Gasteiger partial charge is 0.186 e. The summed E-state index contributed by atoms with van der Waals surface area (Å²) in [6.07, 6.45) is 4.22. The molecule has 2 heterocycles. The maximum absolute atomic E-state index is 8.93. The van der Waals surface area contributed by atoms with Crippen LogP contribution in [0.25, 0.3) is 11.3 Å². The van der Waals surface area contributed by atoms with E-state index >= 15 is 0 Å². The molecule has 29 heavy (non-hydrogen) atoms. The summed E-state index contributed by atoms with van der Waals surface area (Å²) in [7, 11) is 0. The van der Waals surface area contributed by atoms with Crippen molar-refractivity contribution in [3.8, 4) is 11.3 Å². The van der Waals surface area contributed by atoms with Gasteiger partial charge < -0.3 is 10.0 Å². The van der Waals surface area contributed by atoms with Crippen LogP contribution in [0.4, 0.5) is 5.13 Å². The van der Waals surface area contributed by atoms with E-state index in [0.717, 1.165) is 43.3 Å². The number of aliphatic hydroxyl groups excluding tert-OH is 1. The third-order valence-corrected chi connectivity index (χ3v) is 7.51. The first-order valence-corrected chi connectivity index (χ1v) is 11.7. The van der Waals surface area contributed by atoms with Gasteiger partial charge in [0, 0.05) is 42.8 Å². The van der Waals surface area contributed by atoms with Crippen molar-refractivity contribution < 1.29 is 5.11 Å². The zero-order valence-electron chi connectivity index (χ0n) is 18.2. The van der Waals surface area contributed by atoms with Crippen molar-refractivity contribution in [3.63, 3.8) is 0 Å². The molecule has 0 atom stereocenters. The Kier molecular flexibility index (Phi) is 5.56. The van der Waals surface area contributed by atoms with Crippen LogP contribution in [0.2, 0.25) is 0 Å². The number of thiazole rings is 1. The highest BCUT2D eigenvalue weighted by atomic mass is 32.1. The van der Waals surface area contributed by atoms with E-state index in [1.807, 2.05) is 0 Å². The van der Waals surface area contributed by atoms with Crippen molar-refractivity contribution in [1.29, 1.82) is 0 Å². The molecule has 0 spiro atoms. The third kappa shape index (κ3) is 4.13. The van der Waals surface area contributed by atoms with Crippen LogP contribution in [-0.4, -0.2) is 42.0 Å². The van der Waals surface area contributed by atoms with Crippen LogP contribution in [0, 0.1) is 0 Å². The van der Waals surface area contributed by atoms with Crippen molar-refractivity contribution in [2.75, 3.05) is 31.1 Å². The fraction of sp³-hybridized carbons (Fsp3) is 0.583. The number of anilines is 1. The summed E-state index contributed by atoms with van der Waals surface area (Å²) >= 11 is 1.73. The highest BCUT2D eigenvalue weighted by Crippen LogP contribution is 2.46. The Morgan fingerprint density at radius 1 is 1.14 bits per heavy atom.